The highest BCUT2D eigenvalue weighted by Gasteiger charge is 2.27. The van der Waals surface area contributed by atoms with Crippen molar-refractivity contribution in [3.63, 3.8) is 0 Å². The van der Waals surface area contributed by atoms with Gasteiger partial charge >= 0.3 is 6.03 Å². The second-order valence-electron chi connectivity index (χ2n) is 7.18. The van der Waals surface area contributed by atoms with Crippen LogP contribution < -0.4 is 0 Å². The van der Waals surface area contributed by atoms with Gasteiger partial charge in [-0.2, -0.15) is 0 Å². The van der Waals surface area contributed by atoms with E-state index in [9.17, 15) is 18.0 Å². The van der Waals surface area contributed by atoms with Crippen molar-refractivity contribution in [2.45, 2.75) is 11.4 Å². The molecular formula is C18H24N6O4S. The lowest BCUT2D eigenvalue weighted by molar-refractivity contribution is 0.0644. The van der Waals surface area contributed by atoms with E-state index in [1.54, 1.807) is 48.3 Å². The van der Waals surface area contributed by atoms with Gasteiger partial charge in [-0.25, -0.2) is 17.9 Å². The minimum Gasteiger partial charge on any atom is -0.334 e. The standard InChI is InChI=1S/C18H24N6O4S/c1-21(2)18(26)23-9-7-22(8-10-23)17(25)16-13-24(20-19-16)12-14-5-4-6-15(11-14)29(3,27)28/h4-6,11,13H,7-10,12H2,1-3H3. The Kier molecular flexibility index (Phi) is 5.87. The van der Waals surface area contributed by atoms with Gasteiger partial charge in [0.2, 0.25) is 0 Å². The largest absolute Gasteiger partial charge is 0.334 e. The minimum atomic E-state index is -3.29. The van der Waals surface area contributed by atoms with Crippen LogP contribution in [0.3, 0.4) is 0 Å². The molecule has 0 bridgehead atoms. The van der Waals surface area contributed by atoms with Crippen LogP contribution in [0.2, 0.25) is 0 Å². The zero-order valence-electron chi connectivity index (χ0n) is 16.6. The average Bonchev–Trinajstić information content (AvgIpc) is 3.15. The lowest BCUT2D eigenvalue weighted by Crippen LogP contribution is -2.52. The summed E-state index contributed by atoms with van der Waals surface area (Å²) in [6.45, 7) is 2.10. The molecule has 1 aromatic carbocycles. The Labute approximate surface area is 169 Å². The van der Waals surface area contributed by atoms with Crippen LogP contribution in [-0.4, -0.2) is 96.6 Å². The van der Waals surface area contributed by atoms with Gasteiger partial charge in [0.05, 0.1) is 17.6 Å². The first kappa shape index (κ1) is 20.8. The second-order valence-corrected chi connectivity index (χ2v) is 9.19. The highest BCUT2D eigenvalue weighted by Crippen LogP contribution is 2.13. The number of rotatable bonds is 4. The summed E-state index contributed by atoms with van der Waals surface area (Å²) in [7, 11) is 0.103. The molecule has 1 aliphatic heterocycles. The molecule has 1 saturated heterocycles. The van der Waals surface area contributed by atoms with Crippen LogP contribution in [0.5, 0.6) is 0 Å². The number of amides is 3. The number of urea groups is 1. The van der Waals surface area contributed by atoms with E-state index in [1.165, 1.54) is 15.6 Å². The van der Waals surface area contributed by atoms with Crippen LogP contribution in [0.1, 0.15) is 16.1 Å². The fraction of sp³-hybridized carbons (Fsp3) is 0.444. The first-order valence-electron chi connectivity index (χ1n) is 9.10. The third kappa shape index (κ3) is 4.91. The molecule has 156 valence electrons. The number of benzene rings is 1. The summed E-state index contributed by atoms with van der Waals surface area (Å²) in [4.78, 5) is 29.8. The molecule has 1 aliphatic rings. The first-order chi connectivity index (χ1) is 13.6. The van der Waals surface area contributed by atoms with Gasteiger partial charge in [-0.3, -0.25) is 4.79 Å². The van der Waals surface area contributed by atoms with Crippen LogP contribution in [0.15, 0.2) is 35.4 Å². The molecule has 0 aliphatic carbocycles. The van der Waals surface area contributed by atoms with E-state index in [4.69, 9.17) is 0 Å². The van der Waals surface area contributed by atoms with Crippen molar-refractivity contribution in [2.24, 2.45) is 0 Å². The van der Waals surface area contributed by atoms with Gasteiger partial charge in [0.15, 0.2) is 15.5 Å². The summed E-state index contributed by atoms with van der Waals surface area (Å²) in [5, 5.41) is 7.94. The maximum atomic E-state index is 12.7. The minimum absolute atomic E-state index is 0.0700. The first-order valence-corrected chi connectivity index (χ1v) is 11.0. The number of carbonyl (C=O) groups excluding carboxylic acids is 2. The van der Waals surface area contributed by atoms with Gasteiger partial charge in [-0.15, -0.1) is 5.10 Å². The SMILES string of the molecule is CN(C)C(=O)N1CCN(C(=O)c2cn(Cc3cccc(S(C)(=O)=O)c3)nn2)CC1. The quantitative estimate of drug-likeness (QED) is 0.698. The Hall–Kier alpha value is -2.95. The summed E-state index contributed by atoms with van der Waals surface area (Å²) < 4.78 is 24.9. The summed E-state index contributed by atoms with van der Waals surface area (Å²) >= 11 is 0. The molecule has 2 aromatic rings. The van der Waals surface area contributed by atoms with Gasteiger partial charge in [-0.05, 0) is 17.7 Å². The van der Waals surface area contributed by atoms with Crippen molar-refractivity contribution in [3.05, 3.63) is 41.7 Å². The van der Waals surface area contributed by atoms with Gasteiger partial charge in [-0.1, -0.05) is 17.3 Å². The Bertz CT molecular complexity index is 1010. The summed E-state index contributed by atoms with van der Waals surface area (Å²) in [5.74, 6) is -0.238. The molecule has 1 aromatic heterocycles. The number of hydrogen-bond acceptors (Lipinski definition) is 6. The molecule has 1 fully saturated rings. The highest BCUT2D eigenvalue weighted by atomic mass is 32.2. The molecule has 0 unspecified atom stereocenters. The summed E-state index contributed by atoms with van der Waals surface area (Å²) in [6, 6.07) is 6.51. The number of piperazine rings is 1. The Balaban J connectivity index is 1.63. The normalized spacial score (nSPS) is 14.7. The molecule has 0 atom stereocenters. The summed E-state index contributed by atoms with van der Waals surface area (Å²) in [6.07, 6.45) is 2.71. The van der Waals surface area contributed by atoms with Gasteiger partial charge < -0.3 is 14.7 Å². The van der Waals surface area contributed by atoms with Crippen molar-refractivity contribution in [3.8, 4) is 0 Å². The van der Waals surface area contributed by atoms with Crippen LogP contribution in [0.25, 0.3) is 0 Å². The van der Waals surface area contributed by atoms with E-state index in [0.717, 1.165) is 11.8 Å². The number of nitrogens with zero attached hydrogens (tertiary/aromatic N) is 6. The van der Waals surface area contributed by atoms with E-state index in [-0.39, 0.29) is 22.5 Å². The molecular weight excluding hydrogens is 396 g/mol. The Morgan fingerprint density at radius 2 is 1.76 bits per heavy atom. The van der Waals surface area contributed by atoms with Crippen molar-refractivity contribution in [2.75, 3.05) is 46.5 Å². The number of carbonyl (C=O) groups is 2. The lowest BCUT2D eigenvalue weighted by atomic mass is 10.2. The van der Waals surface area contributed by atoms with E-state index in [1.807, 2.05) is 0 Å². The Morgan fingerprint density at radius 3 is 2.38 bits per heavy atom. The zero-order valence-corrected chi connectivity index (χ0v) is 17.5. The smallest absolute Gasteiger partial charge is 0.319 e. The third-order valence-corrected chi connectivity index (χ3v) is 5.76. The molecule has 0 N–H and O–H groups in total. The molecule has 3 rings (SSSR count). The van der Waals surface area contributed by atoms with Gasteiger partial charge in [0.1, 0.15) is 0 Å². The molecule has 29 heavy (non-hydrogen) atoms. The monoisotopic (exact) mass is 420 g/mol. The highest BCUT2D eigenvalue weighted by molar-refractivity contribution is 7.90. The van der Waals surface area contributed by atoms with E-state index in [2.05, 4.69) is 10.3 Å². The zero-order chi connectivity index (χ0) is 21.2. The molecule has 2 heterocycles. The molecule has 0 spiro atoms. The third-order valence-electron chi connectivity index (χ3n) is 4.65. The molecule has 10 nitrogen and oxygen atoms in total. The number of sulfone groups is 1. The fourth-order valence-corrected chi connectivity index (χ4v) is 3.77. The Morgan fingerprint density at radius 1 is 1.10 bits per heavy atom. The van der Waals surface area contributed by atoms with E-state index in [0.29, 0.717) is 32.7 Å². The molecule has 11 heteroatoms. The van der Waals surface area contributed by atoms with Gasteiger partial charge in [0.25, 0.3) is 5.91 Å². The van der Waals surface area contributed by atoms with Crippen LogP contribution >= 0.6 is 0 Å². The van der Waals surface area contributed by atoms with E-state index >= 15 is 0 Å². The maximum Gasteiger partial charge on any atom is 0.319 e. The topological polar surface area (TPSA) is 109 Å². The predicted octanol–water partition coefficient (Wildman–Crippen LogP) is 0.169. The van der Waals surface area contributed by atoms with E-state index < -0.39 is 9.84 Å². The van der Waals surface area contributed by atoms with Crippen molar-refractivity contribution < 1.29 is 18.0 Å². The van der Waals surface area contributed by atoms with Crippen molar-refractivity contribution in [1.29, 1.82) is 0 Å². The maximum absolute atomic E-state index is 12.7. The van der Waals surface area contributed by atoms with Crippen LogP contribution in [0.4, 0.5) is 4.79 Å². The van der Waals surface area contributed by atoms with Gasteiger partial charge in [0, 0.05) is 46.5 Å². The number of hydrogen-bond donors (Lipinski definition) is 0. The second kappa shape index (κ2) is 8.19. The summed E-state index contributed by atoms with van der Waals surface area (Å²) in [5.41, 5.74) is 0.962. The van der Waals surface area contributed by atoms with Crippen LogP contribution in [-0.2, 0) is 16.4 Å². The van der Waals surface area contributed by atoms with Crippen molar-refractivity contribution >= 4 is 21.8 Å². The molecule has 0 radical (unpaired) electrons. The molecule has 0 saturated carbocycles. The lowest BCUT2D eigenvalue weighted by Gasteiger charge is -2.35. The predicted molar refractivity (Wildman–Crippen MR) is 105 cm³/mol. The fourth-order valence-electron chi connectivity index (χ4n) is 3.08. The average molecular weight is 420 g/mol. The molecule has 3 amide bonds. The van der Waals surface area contributed by atoms with Crippen LogP contribution in [0, 0.1) is 0 Å². The number of aromatic nitrogens is 3. The van der Waals surface area contributed by atoms with Crippen molar-refractivity contribution in [1.82, 2.24) is 29.7 Å².